The Morgan fingerprint density at radius 1 is 1.04 bits per heavy atom. The number of hydrogen-bond donors (Lipinski definition) is 3. The van der Waals surface area contributed by atoms with Gasteiger partial charge in [-0.3, -0.25) is 4.99 Å². The third-order valence-corrected chi connectivity index (χ3v) is 4.03. The highest BCUT2D eigenvalue weighted by atomic mass is 127. The van der Waals surface area contributed by atoms with E-state index in [1.165, 1.54) is 5.39 Å². The summed E-state index contributed by atoms with van der Waals surface area (Å²) in [6.45, 7) is 1.31. The quantitative estimate of drug-likeness (QED) is 0.313. The van der Waals surface area contributed by atoms with Gasteiger partial charge < -0.3 is 15.6 Å². The molecule has 6 heteroatoms. The van der Waals surface area contributed by atoms with Crippen molar-refractivity contribution in [1.82, 2.24) is 15.6 Å². The van der Waals surface area contributed by atoms with Gasteiger partial charge in [-0.05, 0) is 29.1 Å². The van der Waals surface area contributed by atoms with Crippen molar-refractivity contribution in [2.24, 2.45) is 4.99 Å². The van der Waals surface area contributed by atoms with Crippen molar-refractivity contribution in [1.29, 1.82) is 0 Å². The number of aromatic amines is 1. The summed E-state index contributed by atoms with van der Waals surface area (Å²) in [5, 5.41) is 8.54. The molecule has 3 aromatic rings. The number of nitrogens with zero attached hydrogens (tertiary/aromatic N) is 1. The van der Waals surface area contributed by atoms with E-state index in [-0.39, 0.29) is 24.0 Å². The highest BCUT2D eigenvalue weighted by molar-refractivity contribution is 14.0. The number of nitrogens with one attached hydrogen (secondary N) is 3. The standard InChI is InChI=1S/C18H19ClN4.HI/c1-20-18(21-11-14-7-2-4-8-16(14)19)22-12-15-10-13-6-3-5-9-17(13)23-15;/h2-10,23H,11-12H2,1H3,(H2,20,21,22);1H. The van der Waals surface area contributed by atoms with Crippen molar-refractivity contribution in [3.8, 4) is 0 Å². The molecule has 0 aliphatic rings. The number of aromatic nitrogens is 1. The zero-order valence-corrected chi connectivity index (χ0v) is 16.4. The molecule has 0 saturated heterocycles. The van der Waals surface area contributed by atoms with Crippen molar-refractivity contribution in [2.45, 2.75) is 13.1 Å². The van der Waals surface area contributed by atoms with Crippen LogP contribution < -0.4 is 10.6 Å². The minimum Gasteiger partial charge on any atom is -0.357 e. The van der Waals surface area contributed by atoms with Crippen molar-refractivity contribution in [2.75, 3.05) is 7.05 Å². The van der Waals surface area contributed by atoms with Crippen LogP contribution in [0.1, 0.15) is 11.3 Å². The van der Waals surface area contributed by atoms with Crippen LogP contribution in [0.3, 0.4) is 0 Å². The Labute approximate surface area is 163 Å². The molecule has 1 heterocycles. The normalized spacial score (nSPS) is 11.2. The minimum atomic E-state index is 0. The summed E-state index contributed by atoms with van der Waals surface area (Å²) in [5.74, 6) is 0.739. The van der Waals surface area contributed by atoms with Crippen LogP contribution >= 0.6 is 35.6 Å². The number of aliphatic imine (C=N–C) groups is 1. The average molecular weight is 455 g/mol. The Bertz CT molecular complexity index is 796. The molecular formula is C18H20ClIN4. The van der Waals surface area contributed by atoms with Crippen molar-refractivity contribution in [3.63, 3.8) is 0 Å². The smallest absolute Gasteiger partial charge is 0.191 e. The van der Waals surface area contributed by atoms with Crippen molar-refractivity contribution >= 4 is 52.4 Å². The maximum atomic E-state index is 6.16. The summed E-state index contributed by atoms with van der Waals surface area (Å²) in [7, 11) is 1.76. The fourth-order valence-corrected chi connectivity index (χ4v) is 2.65. The SMILES string of the molecule is CN=C(NCc1cc2ccccc2[nH]1)NCc1ccccc1Cl.I. The van der Waals surface area contributed by atoms with Gasteiger partial charge in [0.2, 0.25) is 0 Å². The van der Waals surface area contributed by atoms with E-state index in [0.717, 1.165) is 27.8 Å². The first kappa shape index (κ1) is 18.6. The molecule has 0 atom stereocenters. The lowest BCUT2D eigenvalue weighted by Crippen LogP contribution is -2.36. The van der Waals surface area contributed by atoms with E-state index < -0.39 is 0 Å². The van der Waals surface area contributed by atoms with Gasteiger partial charge in [0.1, 0.15) is 0 Å². The first-order chi connectivity index (χ1) is 11.3. The molecule has 3 rings (SSSR count). The number of guanidine groups is 1. The number of rotatable bonds is 4. The van der Waals surface area contributed by atoms with Gasteiger partial charge in [0.05, 0.1) is 6.54 Å². The number of halogens is 2. The monoisotopic (exact) mass is 454 g/mol. The van der Waals surface area contributed by atoms with Crippen molar-refractivity contribution in [3.05, 3.63) is 70.9 Å². The molecule has 126 valence electrons. The summed E-state index contributed by atoms with van der Waals surface area (Å²) >= 11 is 6.16. The van der Waals surface area contributed by atoms with Gasteiger partial charge in [0.15, 0.2) is 5.96 Å². The number of para-hydroxylation sites is 1. The number of benzene rings is 2. The fourth-order valence-electron chi connectivity index (χ4n) is 2.45. The molecule has 4 nitrogen and oxygen atoms in total. The summed E-state index contributed by atoms with van der Waals surface area (Å²) in [6, 6.07) is 18.2. The number of hydrogen-bond acceptors (Lipinski definition) is 1. The predicted molar refractivity (Wildman–Crippen MR) is 112 cm³/mol. The molecule has 0 aliphatic heterocycles. The lowest BCUT2D eigenvalue weighted by Gasteiger charge is -2.12. The second-order valence-corrected chi connectivity index (χ2v) is 5.66. The van der Waals surface area contributed by atoms with Crippen molar-refractivity contribution < 1.29 is 0 Å². The molecule has 3 N–H and O–H groups in total. The Morgan fingerprint density at radius 2 is 1.75 bits per heavy atom. The Hall–Kier alpha value is -1.73. The molecule has 0 aliphatic carbocycles. The van der Waals surface area contributed by atoms with Crippen LogP contribution in [-0.2, 0) is 13.1 Å². The van der Waals surface area contributed by atoms with Gasteiger partial charge in [-0.1, -0.05) is 48.0 Å². The van der Waals surface area contributed by atoms with Gasteiger partial charge in [0, 0.05) is 29.8 Å². The number of H-pyrrole nitrogens is 1. The summed E-state index contributed by atoms with van der Waals surface area (Å²) in [4.78, 5) is 7.63. The summed E-state index contributed by atoms with van der Waals surface area (Å²) in [5.41, 5.74) is 3.30. The molecule has 0 saturated carbocycles. The first-order valence-electron chi connectivity index (χ1n) is 7.51. The second-order valence-electron chi connectivity index (χ2n) is 5.25. The largest absolute Gasteiger partial charge is 0.357 e. The topological polar surface area (TPSA) is 52.2 Å². The maximum Gasteiger partial charge on any atom is 0.191 e. The zero-order valence-electron chi connectivity index (χ0n) is 13.3. The third-order valence-electron chi connectivity index (χ3n) is 3.66. The molecule has 0 unspecified atom stereocenters. The van der Waals surface area contributed by atoms with Gasteiger partial charge in [0.25, 0.3) is 0 Å². The van der Waals surface area contributed by atoms with E-state index in [9.17, 15) is 0 Å². The lowest BCUT2D eigenvalue weighted by molar-refractivity contribution is 0.799. The number of fused-ring (bicyclic) bond motifs is 1. The fraction of sp³-hybridized carbons (Fsp3) is 0.167. The van der Waals surface area contributed by atoms with Gasteiger partial charge in [-0.2, -0.15) is 0 Å². The van der Waals surface area contributed by atoms with E-state index in [0.29, 0.717) is 13.1 Å². The summed E-state index contributed by atoms with van der Waals surface area (Å²) < 4.78 is 0. The molecule has 1 aromatic heterocycles. The van der Waals surface area contributed by atoms with Crippen LogP contribution in [0.4, 0.5) is 0 Å². The van der Waals surface area contributed by atoms with E-state index in [4.69, 9.17) is 11.6 Å². The Balaban J connectivity index is 0.00000208. The maximum absolute atomic E-state index is 6.16. The van der Waals surface area contributed by atoms with Crippen LogP contribution in [0.2, 0.25) is 5.02 Å². The molecule has 0 spiro atoms. The van der Waals surface area contributed by atoms with E-state index in [1.807, 2.05) is 36.4 Å². The van der Waals surface area contributed by atoms with Gasteiger partial charge in [-0.25, -0.2) is 0 Å². The zero-order chi connectivity index (χ0) is 16.1. The molecule has 0 amide bonds. The van der Waals surface area contributed by atoms with Crippen LogP contribution in [0.15, 0.2) is 59.6 Å². The average Bonchev–Trinajstić information content (AvgIpc) is 2.99. The second kappa shape index (κ2) is 8.94. The minimum absolute atomic E-state index is 0. The predicted octanol–water partition coefficient (Wildman–Crippen LogP) is 4.30. The summed E-state index contributed by atoms with van der Waals surface area (Å²) in [6.07, 6.45) is 0. The molecule has 0 bridgehead atoms. The third kappa shape index (κ3) is 4.64. The molecular weight excluding hydrogens is 435 g/mol. The van der Waals surface area contributed by atoms with E-state index in [1.54, 1.807) is 7.05 Å². The highest BCUT2D eigenvalue weighted by Gasteiger charge is 2.03. The molecule has 0 fully saturated rings. The van der Waals surface area contributed by atoms with Crippen LogP contribution in [0, 0.1) is 0 Å². The molecule has 24 heavy (non-hydrogen) atoms. The van der Waals surface area contributed by atoms with Gasteiger partial charge in [-0.15, -0.1) is 24.0 Å². The van der Waals surface area contributed by atoms with E-state index >= 15 is 0 Å². The Morgan fingerprint density at radius 3 is 2.50 bits per heavy atom. The van der Waals surface area contributed by atoms with Crippen LogP contribution in [0.25, 0.3) is 10.9 Å². The first-order valence-corrected chi connectivity index (χ1v) is 7.88. The lowest BCUT2D eigenvalue weighted by atomic mass is 10.2. The Kier molecular flexibility index (Phi) is 6.93. The highest BCUT2D eigenvalue weighted by Crippen LogP contribution is 2.15. The van der Waals surface area contributed by atoms with Crippen LogP contribution in [-0.4, -0.2) is 18.0 Å². The molecule has 0 radical (unpaired) electrons. The molecule has 2 aromatic carbocycles. The van der Waals surface area contributed by atoms with Crippen LogP contribution in [0.5, 0.6) is 0 Å². The van der Waals surface area contributed by atoms with Gasteiger partial charge >= 0.3 is 0 Å². The van der Waals surface area contributed by atoms with E-state index in [2.05, 4.69) is 38.8 Å².